The number of nitrogens with zero attached hydrogens (tertiary/aromatic N) is 7. The predicted molar refractivity (Wildman–Crippen MR) is 120 cm³/mol. The number of hydrogen-bond acceptors (Lipinski definition) is 5. The Morgan fingerprint density at radius 2 is 2.03 bits per heavy atom. The Kier molecular flexibility index (Phi) is 4.55. The molecule has 1 aliphatic heterocycles. The van der Waals surface area contributed by atoms with Crippen molar-refractivity contribution in [1.29, 1.82) is 0 Å². The Morgan fingerprint density at radius 1 is 1.18 bits per heavy atom. The molecule has 0 bridgehead atoms. The molecule has 0 aromatic carbocycles. The molecule has 0 unspecified atom stereocenters. The Bertz CT molecular complexity index is 1350. The van der Waals surface area contributed by atoms with Crippen molar-refractivity contribution in [3.05, 3.63) is 47.6 Å². The molecule has 2 aliphatic rings. The summed E-state index contributed by atoms with van der Waals surface area (Å²) in [7, 11) is 1.84. The van der Waals surface area contributed by atoms with Crippen LogP contribution in [-0.4, -0.2) is 40.5 Å². The van der Waals surface area contributed by atoms with E-state index in [1.807, 2.05) is 36.0 Å². The zero-order chi connectivity index (χ0) is 22.7. The number of hydrogen-bond donors (Lipinski definition) is 1. The third-order valence-corrected chi connectivity index (χ3v) is 7.09. The highest BCUT2D eigenvalue weighted by Crippen LogP contribution is 2.48. The van der Waals surface area contributed by atoms with Crippen LogP contribution >= 0.6 is 11.6 Å². The van der Waals surface area contributed by atoms with Crippen LogP contribution in [0.1, 0.15) is 25.1 Å². The van der Waals surface area contributed by atoms with Crippen LogP contribution in [0.4, 0.5) is 20.4 Å². The number of pyridine rings is 1. The molecule has 5 heterocycles. The molecule has 0 spiro atoms. The zero-order valence-corrected chi connectivity index (χ0v) is 18.6. The number of aryl methyl sites for hydroxylation is 2. The normalized spacial score (nSPS) is 16.4. The summed E-state index contributed by atoms with van der Waals surface area (Å²) in [4.78, 5) is 4.37. The molecule has 1 aliphatic carbocycles. The summed E-state index contributed by atoms with van der Waals surface area (Å²) in [5.74, 6) is 2.47. The smallest absolute Gasteiger partial charge is 0.251 e. The van der Waals surface area contributed by atoms with E-state index >= 15 is 0 Å². The van der Waals surface area contributed by atoms with Crippen LogP contribution in [0.3, 0.4) is 0 Å². The number of fused-ring (bicyclic) bond motifs is 3. The van der Waals surface area contributed by atoms with E-state index in [1.54, 1.807) is 17.1 Å². The molecule has 11 heteroatoms. The van der Waals surface area contributed by atoms with Crippen molar-refractivity contribution in [3.63, 3.8) is 0 Å². The van der Waals surface area contributed by atoms with E-state index in [2.05, 4.69) is 30.2 Å². The lowest BCUT2D eigenvalue weighted by atomic mass is 9.68. The fourth-order valence-corrected chi connectivity index (χ4v) is 4.98. The van der Waals surface area contributed by atoms with Crippen molar-refractivity contribution in [2.45, 2.75) is 44.2 Å². The Hall–Kier alpha value is -3.27. The van der Waals surface area contributed by atoms with Gasteiger partial charge in [0.05, 0.1) is 22.3 Å². The average molecular weight is 471 g/mol. The SMILES string of the molecule is Cn1nccc1Nc1cc(-c2cc3n(c2)CCn2c-3nnc2C2(C(F)F)CCC2)c(Cl)cn1. The van der Waals surface area contributed by atoms with Gasteiger partial charge in [-0.05, 0) is 25.0 Å². The number of halogens is 3. The van der Waals surface area contributed by atoms with E-state index in [-0.39, 0.29) is 0 Å². The molecule has 6 rings (SSSR count). The third-order valence-electron chi connectivity index (χ3n) is 6.79. The van der Waals surface area contributed by atoms with Gasteiger partial charge in [0.15, 0.2) is 5.82 Å². The number of rotatable bonds is 5. The monoisotopic (exact) mass is 470 g/mol. The number of nitrogens with one attached hydrogen (secondary N) is 1. The minimum atomic E-state index is -2.44. The molecule has 4 aromatic rings. The topological polar surface area (TPSA) is 78.4 Å². The van der Waals surface area contributed by atoms with Crippen molar-refractivity contribution in [2.75, 3.05) is 5.32 Å². The van der Waals surface area contributed by atoms with Crippen LogP contribution in [0.25, 0.3) is 22.6 Å². The standard InChI is InChI=1S/C22H21ClF2N8/c1-31-18(3-6-27-31)28-17-10-14(15(23)11-26-17)13-9-16-19-29-30-21(22(20(24)25)4-2-5-22)33(19)8-7-32(16)12-13/h3,6,9-12,20H,2,4-5,7-8H2,1H3,(H,26,28). The number of aromatic nitrogens is 7. The van der Waals surface area contributed by atoms with Gasteiger partial charge in [-0.2, -0.15) is 5.10 Å². The maximum Gasteiger partial charge on any atom is 0.251 e. The molecular formula is C22H21ClF2N8. The number of anilines is 2. The summed E-state index contributed by atoms with van der Waals surface area (Å²) >= 11 is 6.50. The van der Waals surface area contributed by atoms with E-state index in [9.17, 15) is 8.78 Å². The first-order valence-corrected chi connectivity index (χ1v) is 11.2. The van der Waals surface area contributed by atoms with E-state index < -0.39 is 11.8 Å². The van der Waals surface area contributed by atoms with Gasteiger partial charge < -0.3 is 14.5 Å². The van der Waals surface area contributed by atoms with Gasteiger partial charge in [0, 0.05) is 49.7 Å². The predicted octanol–water partition coefficient (Wildman–Crippen LogP) is 4.64. The first kappa shape index (κ1) is 20.3. The minimum absolute atomic E-state index is 0.414. The van der Waals surface area contributed by atoms with Crippen molar-refractivity contribution >= 4 is 23.2 Å². The highest BCUT2D eigenvalue weighted by atomic mass is 35.5. The van der Waals surface area contributed by atoms with Gasteiger partial charge in [-0.15, -0.1) is 10.2 Å². The van der Waals surface area contributed by atoms with E-state index in [0.717, 1.165) is 29.1 Å². The van der Waals surface area contributed by atoms with Crippen molar-refractivity contribution in [1.82, 2.24) is 34.1 Å². The molecule has 1 N–H and O–H groups in total. The maximum absolute atomic E-state index is 13.9. The van der Waals surface area contributed by atoms with Gasteiger partial charge in [-0.1, -0.05) is 18.0 Å². The average Bonchev–Trinajstić information content (AvgIpc) is 3.47. The summed E-state index contributed by atoms with van der Waals surface area (Å²) in [6.45, 7) is 1.21. The van der Waals surface area contributed by atoms with Crippen molar-refractivity contribution in [2.24, 2.45) is 7.05 Å². The molecule has 0 amide bonds. The molecule has 33 heavy (non-hydrogen) atoms. The largest absolute Gasteiger partial charge is 0.342 e. The van der Waals surface area contributed by atoms with Crippen LogP contribution in [-0.2, 0) is 25.6 Å². The molecule has 0 saturated heterocycles. The number of alkyl halides is 2. The van der Waals surface area contributed by atoms with Crippen LogP contribution in [0, 0.1) is 0 Å². The van der Waals surface area contributed by atoms with Crippen LogP contribution in [0.15, 0.2) is 36.8 Å². The highest BCUT2D eigenvalue weighted by molar-refractivity contribution is 6.33. The second-order valence-electron chi connectivity index (χ2n) is 8.63. The molecular weight excluding hydrogens is 450 g/mol. The Morgan fingerprint density at radius 3 is 2.73 bits per heavy atom. The van der Waals surface area contributed by atoms with Crippen molar-refractivity contribution < 1.29 is 8.78 Å². The highest BCUT2D eigenvalue weighted by Gasteiger charge is 2.51. The maximum atomic E-state index is 13.9. The molecule has 1 saturated carbocycles. The Balaban J connectivity index is 1.37. The lowest BCUT2D eigenvalue weighted by Crippen LogP contribution is -2.44. The summed E-state index contributed by atoms with van der Waals surface area (Å²) in [6.07, 6.45) is 4.58. The lowest BCUT2D eigenvalue weighted by Gasteiger charge is -2.40. The minimum Gasteiger partial charge on any atom is -0.342 e. The van der Waals surface area contributed by atoms with Gasteiger partial charge in [-0.3, -0.25) is 4.68 Å². The van der Waals surface area contributed by atoms with Crippen LogP contribution < -0.4 is 5.32 Å². The fourth-order valence-electron chi connectivity index (χ4n) is 4.76. The van der Waals surface area contributed by atoms with Crippen LogP contribution in [0.5, 0.6) is 0 Å². The summed E-state index contributed by atoms with van der Waals surface area (Å²) < 4.78 is 33.5. The molecule has 170 valence electrons. The molecule has 1 fully saturated rings. The fraction of sp³-hybridized carbons (Fsp3) is 0.364. The van der Waals surface area contributed by atoms with E-state index in [0.29, 0.717) is 48.4 Å². The first-order valence-electron chi connectivity index (χ1n) is 10.8. The van der Waals surface area contributed by atoms with Gasteiger partial charge in [0.2, 0.25) is 0 Å². The van der Waals surface area contributed by atoms with Crippen LogP contribution in [0.2, 0.25) is 5.02 Å². The Labute approximate surface area is 193 Å². The van der Waals surface area contributed by atoms with Gasteiger partial charge >= 0.3 is 0 Å². The van der Waals surface area contributed by atoms with Gasteiger partial charge in [0.1, 0.15) is 17.5 Å². The quantitative estimate of drug-likeness (QED) is 0.459. The molecule has 0 atom stereocenters. The summed E-state index contributed by atoms with van der Waals surface area (Å²) in [5.41, 5.74) is 1.39. The molecule has 8 nitrogen and oxygen atoms in total. The summed E-state index contributed by atoms with van der Waals surface area (Å²) in [5, 5.41) is 16.5. The second kappa shape index (κ2) is 7.38. The zero-order valence-electron chi connectivity index (χ0n) is 17.8. The lowest BCUT2D eigenvalue weighted by molar-refractivity contribution is -0.00715. The van der Waals surface area contributed by atoms with Crippen molar-refractivity contribution in [3.8, 4) is 22.6 Å². The molecule has 0 radical (unpaired) electrons. The first-order chi connectivity index (χ1) is 16.0. The van der Waals surface area contributed by atoms with Gasteiger partial charge in [0.25, 0.3) is 6.43 Å². The van der Waals surface area contributed by atoms with Gasteiger partial charge in [-0.25, -0.2) is 13.8 Å². The third kappa shape index (κ3) is 3.07. The molecule has 4 aromatic heterocycles. The second-order valence-corrected chi connectivity index (χ2v) is 9.04. The van der Waals surface area contributed by atoms with E-state index in [4.69, 9.17) is 11.6 Å². The summed E-state index contributed by atoms with van der Waals surface area (Å²) in [6, 6.07) is 5.72. The van der Waals surface area contributed by atoms with E-state index in [1.165, 1.54) is 0 Å².